The molecule has 3 rings (SSSR count). The fourth-order valence-corrected chi connectivity index (χ4v) is 2.53. The van der Waals surface area contributed by atoms with Gasteiger partial charge in [0.05, 0.1) is 0 Å². The molecule has 0 atom stereocenters. The second kappa shape index (κ2) is 6.17. The minimum absolute atomic E-state index is 0.795. The Morgan fingerprint density at radius 2 is 1.48 bits per heavy atom. The van der Waals surface area contributed by atoms with Crippen molar-refractivity contribution < 1.29 is 4.74 Å². The third-order valence-corrected chi connectivity index (χ3v) is 4.01. The van der Waals surface area contributed by atoms with Gasteiger partial charge in [-0.2, -0.15) is 0 Å². The molecule has 0 bridgehead atoms. The lowest BCUT2D eigenvalue weighted by atomic mass is 10.0. The first-order valence-corrected chi connectivity index (χ1v) is 7.74. The smallest absolute Gasteiger partial charge is 0.130 e. The molecule has 0 aromatic heterocycles. The number of rotatable bonds is 3. The molecule has 0 radical (unpaired) electrons. The summed E-state index contributed by atoms with van der Waals surface area (Å²) in [5, 5.41) is 0. The molecule has 2 N–H and O–H groups in total. The molecule has 2 nitrogen and oxygen atoms in total. The highest BCUT2D eigenvalue weighted by Gasteiger charge is 2.06. The van der Waals surface area contributed by atoms with Crippen LogP contribution in [0.25, 0.3) is 11.1 Å². The van der Waals surface area contributed by atoms with Gasteiger partial charge in [0.1, 0.15) is 11.5 Å². The number of nitrogen functional groups attached to an aromatic ring is 1. The monoisotopic (exact) mass is 303 g/mol. The second-order valence-electron chi connectivity index (χ2n) is 5.97. The van der Waals surface area contributed by atoms with Gasteiger partial charge in [0.2, 0.25) is 0 Å². The molecule has 0 unspecified atom stereocenters. The molecule has 2 heteroatoms. The van der Waals surface area contributed by atoms with Crippen LogP contribution in [0.15, 0.2) is 60.7 Å². The van der Waals surface area contributed by atoms with Crippen LogP contribution in [0.4, 0.5) is 5.69 Å². The molecular formula is C21H21NO. The van der Waals surface area contributed by atoms with Crippen LogP contribution in [-0.2, 0) is 0 Å². The summed E-state index contributed by atoms with van der Waals surface area (Å²) in [5.74, 6) is 1.67. The van der Waals surface area contributed by atoms with Crippen molar-refractivity contribution in [2.75, 3.05) is 5.73 Å². The molecular weight excluding hydrogens is 282 g/mol. The maximum absolute atomic E-state index is 6.08. The highest BCUT2D eigenvalue weighted by molar-refractivity contribution is 5.65. The normalized spacial score (nSPS) is 10.6. The lowest BCUT2D eigenvalue weighted by molar-refractivity contribution is 0.479. The van der Waals surface area contributed by atoms with Crippen LogP contribution >= 0.6 is 0 Å². The van der Waals surface area contributed by atoms with Crippen LogP contribution in [0.5, 0.6) is 11.5 Å². The van der Waals surface area contributed by atoms with Crippen molar-refractivity contribution in [3.05, 3.63) is 77.4 Å². The van der Waals surface area contributed by atoms with Crippen LogP contribution in [0.3, 0.4) is 0 Å². The van der Waals surface area contributed by atoms with Crippen molar-refractivity contribution in [3.8, 4) is 22.6 Å². The lowest BCUT2D eigenvalue weighted by Crippen LogP contribution is -1.94. The molecule has 3 aromatic rings. The van der Waals surface area contributed by atoms with Crippen LogP contribution < -0.4 is 10.5 Å². The fraction of sp³-hybridized carbons (Fsp3) is 0.143. The van der Waals surface area contributed by atoms with E-state index in [-0.39, 0.29) is 0 Å². The second-order valence-corrected chi connectivity index (χ2v) is 5.97. The first-order chi connectivity index (χ1) is 11.0. The lowest BCUT2D eigenvalue weighted by Gasteiger charge is -2.12. The topological polar surface area (TPSA) is 35.2 Å². The Hall–Kier alpha value is -2.74. The number of benzene rings is 3. The number of nitrogens with two attached hydrogens (primary N) is 1. The zero-order valence-corrected chi connectivity index (χ0v) is 13.8. The van der Waals surface area contributed by atoms with Gasteiger partial charge in [-0.05, 0) is 67.3 Å². The van der Waals surface area contributed by atoms with Crippen molar-refractivity contribution in [3.63, 3.8) is 0 Å². The summed E-state index contributed by atoms with van der Waals surface area (Å²) in [4.78, 5) is 0. The zero-order chi connectivity index (χ0) is 16.4. The van der Waals surface area contributed by atoms with Crippen molar-refractivity contribution in [2.45, 2.75) is 20.8 Å². The van der Waals surface area contributed by atoms with Crippen LogP contribution in [0.1, 0.15) is 16.7 Å². The van der Waals surface area contributed by atoms with E-state index in [1.54, 1.807) is 0 Å². The summed E-state index contributed by atoms with van der Waals surface area (Å²) in [7, 11) is 0. The summed E-state index contributed by atoms with van der Waals surface area (Å²) in [6, 6.07) is 20.6. The number of anilines is 1. The van der Waals surface area contributed by atoms with Crippen LogP contribution in [-0.4, -0.2) is 0 Å². The minimum Gasteiger partial charge on any atom is -0.457 e. The highest BCUT2D eigenvalue weighted by Crippen LogP contribution is 2.31. The number of aryl methyl sites for hydroxylation is 3. The molecule has 0 aliphatic carbocycles. The fourth-order valence-electron chi connectivity index (χ4n) is 2.53. The standard InChI is InChI=1S/C21H21NO/c1-14-7-9-17(10-8-14)18-5-4-6-19(13-18)23-21-12-15(2)20(22)11-16(21)3/h4-13H,22H2,1-3H3. The van der Waals surface area contributed by atoms with E-state index >= 15 is 0 Å². The highest BCUT2D eigenvalue weighted by atomic mass is 16.5. The molecule has 0 amide bonds. The van der Waals surface area contributed by atoms with E-state index < -0.39 is 0 Å². The van der Waals surface area contributed by atoms with Crippen LogP contribution in [0, 0.1) is 20.8 Å². The third-order valence-electron chi connectivity index (χ3n) is 4.01. The summed E-state index contributed by atoms with van der Waals surface area (Å²) in [6.07, 6.45) is 0. The van der Waals surface area contributed by atoms with Crippen molar-refractivity contribution in [1.29, 1.82) is 0 Å². The van der Waals surface area contributed by atoms with E-state index in [2.05, 4.69) is 43.3 Å². The quantitative estimate of drug-likeness (QED) is 0.634. The van der Waals surface area contributed by atoms with Crippen molar-refractivity contribution in [2.24, 2.45) is 0 Å². The average Bonchev–Trinajstić information content (AvgIpc) is 2.53. The SMILES string of the molecule is Cc1ccc(-c2cccc(Oc3cc(C)c(N)cc3C)c2)cc1. The summed E-state index contributed by atoms with van der Waals surface area (Å²) in [5.41, 5.74) is 12.4. The number of hydrogen-bond acceptors (Lipinski definition) is 2. The Morgan fingerprint density at radius 1 is 0.739 bits per heavy atom. The van der Waals surface area contributed by atoms with E-state index in [4.69, 9.17) is 10.5 Å². The van der Waals surface area contributed by atoms with Gasteiger partial charge in [-0.15, -0.1) is 0 Å². The predicted molar refractivity (Wildman–Crippen MR) is 97.0 cm³/mol. The van der Waals surface area contributed by atoms with Crippen molar-refractivity contribution in [1.82, 2.24) is 0 Å². The van der Waals surface area contributed by atoms with Gasteiger partial charge in [-0.25, -0.2) is 0 Å². The van der Waals surface area contributed by atoms with Crippen molar-refractivity contribution >= 4 is 5.69 Å². The molecule has 0 spiro atoms. The number of ether oxygens (including phenoxy) is 1. The molecule has 0 fully saturated rings. The summed E-state index contributed by atoms with van der Waals surface area (Å²) >= 11 is 0. The van der Waals surface area contributed by atoms with E-state index in [1.165, 1.54) is 11.1 Å². The van der Waals surface area contributed by atoms with Gasteiger partial charge in [-0.1, -0.05) is 42.0 Å². The Kier molecular flexibility index (Phi) is 4.07. The molecule has 0 aliphatic heterocycles. The zero-order valence-electron chi connectivity index (χ0n) is 13.8. The first kappa shape index (κ1) is 15.2. The van der Waals surface area contributed by atoms with Gasteiger partial charge in [0.15, 0.2) is 0 Å². The predicted octanol–water partition coefficient (Wildman–Crippen LogP) is 5.65. The Labute approximate surface area is 137 Å². The molecule has 0 heterocycles. The first-order valence-electron chi connectivity index (χ1n) is 7.74. The van der Waals surface area contributed by atoms with E-state index in [0.717, 1.165) is 33.9 Å². The van der Waals surface area contributed by atoms with Gasteiger partial charge in [-0.3, -0.25) is 0 Å². The van der Waals surface area contributed by atoms with E-state index in [1.807, 2.05) is 38.1 Å². The van der Waals surface area contributed by atoms with Crippen LogP contribution in [0.2, 0.25) is 0 Å². The van der Waals surface area contributed by atoms with Gasteiger partial charge < -0.3 is 10.5 Å². The summed E-state index contributed by atoms with van der Waals surface area (Å²) in [6.45, 7) is 6.09. The maximum atomic E-state index is 6.08. The minimum atomic E-state index is 0.795. The molecule has 23 heavy (non-hydrogen) atoms. The van der Waals surface area contributed by atoms with Gasteiger partial charge in [0, 0.05) is 5.69 Å². The van der Waals surface area contributed by atoms with E-state index in [9.17, 15) is 0 Å². The number of hydrogen-bond donors (Lipinski definition) is 1. The third kappa shape index (κ3) is 3.37. The summed E-state index contributed by atoms with van der Waals surface area (Å²) < 4.78 is 6.08. The van der Waals surface area contributed by atoms with Gasteiger partial charge in [0.25, 0.3) is 0 Å². The maximum Gasteiger partial charge on any atom is 0.130 e. The molecule has 0 saturated heterocycles. The van der Waals surface area contributed by atoms with Gasteiger partial charge >= 0.3 is 0 Å². The molecule has 3 aromatic carbocycles. The Balaban J connectivity index is 1.91. The van der Waals surface area contributed by atoms with E-state index in [0.29, 0.717) is 0 Å². The molecule has 116 valence electrons. The Bertz CT molecular complexity index is 835. The largest absolute Gasteiger partial charge is 0.457 e. The average molecular weight is 303 g/mol. The Morgan fingerprint density at radius 3 is 2.22 bits per heavy atom. The molecule has 0 saturated carbocycles. The molecule has 0 aliphatic rings.